The van der Waals surface area contributed by atoms with Crippen LogP contribution in [0.1, 0.15) is 26.5 Å². The summed E-state index contributed by atoms with van der Waals surface area (Å²) in [4.78, 5) is 12.4. The van der Waals surface area contributed by atoms with E-state index in [9.17, 15) is 4.79 Å². The first-order valence-corrected chi connectivity index (χ1v) is 4.97. The highest BCUT2D eigenvalue weighted by Gasteiger charge is 2.25. The maximum absolute atomic E-state index is 10.8. The van der Waals surface area contributed by atoms with E-state index < -0.39 is 5.97 Å². The molecular formula is C9H10O3S. The summed E-state index contributed by atoms with van der Waals surface area (Å²) in [5.74, 6) is -0.291. The Morgan fingerprint density at radius 2 is 2.31 bits per heavy atom. The van der Waals surface area contributed by atoms with Crippen LogP contribution >= 0.6 is 11.3 Å². The molecule has 0 aliphatic heterocycles. The number of aryl methyl sites for hydroxylation is 1. The zero-order valence-corrected chi connectivity index (χ0v) is 8.11. The molecule has 2 rings (SSSR count). The van der Waals surface area contributed by atoms with Gasteiger partial charge in [-0.1, -0.05) is 0 Å². The summed E-state index contributed by atoms with van der Waals surface area (Å²) in [6.07, 6.45) is 3.09. The van der Waals surface area contributed by atoms with Crippen molar-refractivity contribution in [3.8, 4) is 5.75 Å². The third-order valence-corrected chi connectivity index (χ3v) is 3.53. The summed E-state index contributed by atoms with van der Waals surface area (Å²) in [5, 5.41) is 8.88. The van der Waals surface area contributed by atoms with Crippen molar-refractivity contribution in [2.24, 2.45) is 0 Å². The third kappa shape index (κ3) is 1.21. The first-order valence-electron chi connectivity index (χ1n) is 4.16. The lowest BCUT2D eigenvalue weighted by atomic mass is 10.2. The lowest BCUT2D eigenvalue weighted by Gasteiger charge is -2.00. The van der Waals surface area contributed by atoms with Crippen LogP contribution in [-0.2, 0) is 12.8 Å². The molecular weight excluding hydrogens is 188 g/mol. The molecule has 0 atom stereocenters. The number of thiophene rings is 1. The van der Waals surface area contributed by atoms with Crippen molar-refractivity contribution < 1.29 is 14.6 Å². The predicted molar refractivity (Wildman–Crippen MR) is 49.9 cm³/mol. The molecule has 0 saturated heterocycles. The molecule has 1 aliphatic carbocycles. The Labute approximate surface area is 80.0 Å². The van der Waals surface area contributed by atoms with Gasteiger partial charge >= 0.3 is 5.97 Å². The minimum Gasteiger partial charge on any atom is -0.495 e. The van der Waals surface area contributed by atoms with Crippen LogP contribution in [0.3, 0.4) is 0 Å². The van der Waals surface area contributed by atoms with Gasteiger partial charge in [0.1, 0.15) is 5.75 Å². The number of rotatable bonds is 2. The van der Waals surface area contributed by atoms with E-state index in [1.54, 1.807) is 0 Å². The zero-order chi connectivity index (χ0) is 9.42. The monoisotopic (exact) mass is 198 g/mol. The molecule has 1 N–H and O–H groups in total. The van der Waals surface area contributed by atoms with Crippen molar-refractivity contribution in [2.45, 2.75) is 19.3 Å². The van der Waals surface area contributed by atoms with Crippen LogP contribution in [0.2, 0.25) is 0 Å². The quantitative estimate of drug-likeness (QED) is 0.790. The second-order valence-electron chi connectivity index (χ2n) is 3.02. The first kappa shape index (κ1) is 8.56. The van der Waals surface area contributed by atoms with E-state index in [2.05, 4.69) is 0 Å². The lowest BCUT2D eigenvalue weighted by Crippen LogP contribution is -1.97. The molecule has 0 fully saturated rings. The molecule has 1 aromatic heterocycles. The van der Waals surface area contributed by atoms with Gasteiger partial charge in [0.25, 0.3) is 0 Å². The topological polar surface area (TPSA) is 46.5 Å². The van der Waals surface area contributed by atoms with Gasteiger partial charge in [0.2, 0.25) is 0 Å². The largest absolute Gasteiger partial charge is 0.495 e. The van der Waals surface area contributed by atoms with Crippen molar-refractivity contribution in [3.63, 3.8) is 0 Å². The van der Waals surface area contributed by atoms with E-state index in [4.69, 9.17) is 9.84 Å². The van der Waals surface area contributed by atoms with E-state index >= 15 is 0 Å². The minimum absolute atomic E-state index is 0.354. The minimum atomic E-state index is -0.878. The van der Waals surface area contributed by atoms with Gasteiger partial charge in [-0.25, -0.2) is 4.79 Å². The van der Waals surface area contributed by atoms with Crippen LogP contribution in [-0.4, -0.2) is 18.2 Å². The summed E-state index contributed by atoms with van der Waals surface area (Å²) in [5.41, 5.74) is 1.12. The van der Waals surface area contributed by atoms with E-state index in [1.165, 1.54) is 23.3 Å². The molecule has 70 valence electrons. The van der Waals surface area contributed by atoms with Gasteiger partial charge in [-0.2, -0.15) is 0 Å². The molecule has 3 nitrogen and oxygen atoms in total. The fourth-order valence-corrected chi connectivity index (χ4v) is 2.93. The molecule has 0 radical (unpaired) electrons. The number of hydrogen-bond donors (Lipinski definition) is 1. The van der Waals surface area contributed by atoms with Crippen LogP contribution in [0.15, 0.2) is 0 Å². The Kier molecular flexibility index (Phi) is 2.00. The summed E-state index contributed by atoms with van der Waals surface area (Å²) in [7, 11) is 1.53. The predicted octanol–water partition coefficient (Wildman–Crippen LogP) is 1.94. The molecule has 13 heavy (non-hydrogen) atoms. The Balaban J connectivity index is 2.53. The second-order valence-corrected chi connectivity index (χ2v) is 4.13. The van der Waals surface area contributed by atoms with Gasteiger partial charge in [0, 0.05) is 10.4 Å². The van der Waals surface area contributed by atoms with Crippen molar-refractivity contribution in [1.82, 2.24) is 0 Å². The van der Waals surface area contributed by atoms with Crippen LogP contribution in [0.25, 0.3) is 0 Å². The van der Waals surface area contributed by atoms with Crippen molar-refractivity contribution in [1.29, 1.82) is 0 Å². The number of ether oxygens (including phenoxy) is 1. The molecule has 0 unspecified atom stereocenters. The fraction of sp³-hybridized carbons (Fsp3) is 0.444. The molecule has 0 saturated carbocycles. The van der Waals surface area contributed by atoms with Crippen LogP contribution in [0.5, 0.6) is 5.75 Å². The first-order chi connectivity index (χ1) is 6.24. The normalized spacial score (nSPS) is 14.2. The summed E-state index contributed by atoms with van der Waals surface area (Å²) in [6.45, 7) is 0. The SMILES string of the molecule is COc1c(C(=O)O)sc2c1CCC2. The van der Waals surface area contributed by atoms with Gasteiger partial charge in [-0.3, -0.25) is 0 Å². The number of fused-ring (bicyclic) bond motifs is 1. The molecule has 1 heterocycles. The van der Waals surface area contributed by atoms with E-state index in [1.807, 2.05) is 0 Å². The van der Waals surface area contributed by atoms with E-state index in [-0.39, 0.29) is 0 Å². The average molecular weight is 198 g/mol. The fourth-order valence-electron chi connectivity index (χ4n) is 1.73. The van der Waals surface area contributed by atoms with E-state index in [0.29, 0.717) is 10.6 Å². The van der Waals surface area contributed by atoms with E-state index in [0.717, 1.165) is 24.8 Å². The molecule has 4 heteroatoms. The standard InChI is InChI=1S/C9H10O3S/c1-12-7-5-3-2-4-6(5)13-8(7)9(10)11/h2-4H2,1H3,(H,10,11). The number of aromatic carboxylic acids is 1. The highest BCUT2D eigenvalue weighted by atomic mass is 32.1. The number of carboxylic acid groups (broad SMARTS) is 1. The number of carbonyl (C=O) groups is 1. The molecule has 0 spiro atoms. The van der Waals surface area contributed by atoms with Crippen molar-refractivity contribution >= 4 is 17.3 Å². The highest BCUT2D eigenvalue weighted by Crippen LogP contribution is 2.40. The maximum atomic E-state index is 10.8. The Morgan fingerprint density at radius 3 is 2.92 bits per heavy atom. The molecule has 0 aromatic carbocycles. The van der Waals surface area contributed by atoms with Crippen molar-refractivity contribution in [2.75, 3.05) is 7.11 Å². The summed E-state index contributed by atoms with van der Waals surface area (Å²) < 4.78 is 5.12. The van der Waals surface area contributed by atoms with Crippen LogP contribution in [0, 0.1) is 0 Å². The van der Waals surface area contributed by atoms with Crippen LogP contribution < -0.4 is 4.74 Å². The molecule has 0 amide bonds. The summed E-state index contributed by atoms with van der Waals surface area (Å²) >= 11 is 1.36. The van der Waals surface area contributed by atoms with Crippen LogP contribution in [0.4, 0.5) is 0 Å². The Bertz CT molecular complexity index is 354. The number of carboxylic acids is 1. The van der Waals surface area contributed by atoms with Gasteiger partial charge in [0.15, 0.2) is 4.88 Å². The lowest BCUT2D eigenvalue weighted by molar-refractivity contribution is 0.0699. The number of hydrogen-bond acceptors (Lipinski definition) is 3. The average Bonchev–Trinajstić information content (AvgIpc) is 2.60. The van der Waals surface area contributed by atoms with Crippen molar-refractivity contribution in [3.05, 3.63) is 15.3 Å². The maximum Gasteiger partial charge on any atom is 0.349 e. The Hall–Kier alpha value is -1.03. The molecule has 1 aromatic rings. The molecule has 1 aliphatic rings. The van der Waals surface area contributed by atoms with Gasteiger partial charge < -0.3 is 9.84 Å². The summed E-state index contributed by atoms with van der Waals surface area (Å²) in [6, 6.07) is 0. The zero-order valence-electron chi connectivity index (χ0n) is 7.29. The van der Waals surface area contributed by atoms with Gasteiger partial charge in [0.05, 0.1) is 7.11 Å². The third-order valence-electron chi connectivity index (χ3n) is 2.27. The molecule has 0 bridgehead atoms. The van der Waals surface area contributed by atoms with Gasteiger partial charge in [-0.15, -0.1) is 11.3 Å². The highest BCUT2D eigenvalue weighted by molar-refractivity contribution is 7.14. The van der Waals surface area contributed by atoms with Gasteiger partial charge in [-0.05, 0) is 19.3 Å². The Morgan fingerprint density at radius 1 is 1.54 bits per heavy atom. The second kappa shape index (κ2) is 3.03. The smallest absolute Gasteiger partial charge is 0.349 e. The number of methoxy groups -OCH3 is 1.